The van der Waals surface area contributed by atoms with E-state index in [0.717, 1.165) is 42.5 Å². The Kier molecular flexibility index (Phi) is 2.26. The van der Waals surface area contributed by atoms with E-state index in [1.165, 1.54) is 0 Å². The van der Waals surface area contributed by atoms with Gasteiger partial charge in [0, 0.05) is 21.9 Å². The minimum atomic E-state index is -0.0345. The number of thiophene rings is 1. The highest BCUT2D eigenvalue weighted by Gasteiger charge is 2.13. The molecule has 3 heterocycles. The zero-order valence-corrected chi connectivity index (χ0v) is 12.0. The fourth-order valence-corrected chi connectivity index (χ4v) is 4.10. The number of pyridine rings is 2. The van der Waals surface area contributed by atoms with Crippen molar-refractivity contribution < 1.29 is 0 Å². The summed E-state index contributed by atoms with van der Waals surface area (Å²) >= 11 is 1.65. The van der Waals surface area contributed by atoms with Crippen LogP contribution in [0.4, 0.5) is 0 Å². The van der Waals surface area contributed by atoms with E-state index >= 15 is 0 Å². The van der Waals surface area contributed by atoms with Crippen LogP contribution >= 0.6 is 11.3 Å². The molecular weight excluding hydrogens is 268 g/mol. The van der Waals surface area contributed by atoms with Gasteiger partial charge in [-0.25, -0.2) is 4.98 Å². The van der Waals surface area contributed by atoms with Crippen LogP contribution in [0.3, 0.4) is 0 Å². The second-order valence-electron chi connectivity index (χ2n) is 5.07. The van der Waals surface area contributed by atoms with Gasteiger partial charge < -0.3 is 4.98 Å². The van der Waals surface area contributed by atoms with Gasteiger partial charge in [0.25, 0.3) is 5.56 Å². The van der Waals surface area contributed by atoms with Gasteiger partial charge in [-0.05, 0) is 31.5 Å². The molecule has 0 saturated heterocycles. The molecule has 1 aromatic carbocycles. The van der Waals surface area contributed by atoms with Crippen LogP contribution in [0.1, 0.15) is 11.3 Å². The zero-order valence-electron chi connectivity index (χ0n) is 11.2. The Balaban J connectivity index is 2.37. The Bertz CT molecular complexity index is 1040. The van der Waals surface area contributed by atoms with Crippen LogP contribution < -0.4 is 5.56 Å². The SMILES string of the molecule is Cc1cc(C)c2c(n1)sc1c3ccccc3c(=O)[nH]c12. The van der Waals surface area contributed by atoms with Crippen molar-refractivity contribution >= 4 is 42.5 Å². The number of rotatable bonds is 0. The maximum atomic E-state index is 12.2. The minimum Gasteiger partial charge on any atom is -0.320 e. The molecule has 0 spiro atoms. The molecule has 0 aliphatic heterocycles. The molecule has 0 amide bonds. The van der Waals surface area contributed by atoms with E-state index in [0.29, 0.717) is 0 Å². The summed E-state index contributed by atoms with van der Waals surface area (Å²) in [4.78, 5) is 20.9. The summed E-state index contributed by atoms with van der Waals surface area (Å²) in [5.74, 6) is 0. The predicted molar refractivity (Wildman–Crippen MR) is 84.7 cm³/mol. The molecule has 98 valence electrons. The first-order chi connectivity index (χ1) is 9.65. The molecule has 20 heavy (non-hydrogen) atoms. The van der Waals surface area contributed by atoms with E-state index in [1.807, 2.05) is 31.2 Å². The summed E-state index contributed by atoms with van der Waals surface area (Å²) in [6, 6.07) is 9.79. The predicted octanol–water partition coefficient (Wildman–Crippen LogP) is 3.91. The lowest BCUT2D eigenvalue weighted by atomic mass is 10.1. The van der Waals surface area contributed by atoms with Crippen LogP contribution in [-0.2, 0) is 0 Å². The molecule has 0 radical (unpaired) electrons. The molecule has 0 saturated carbocycles. The van der Waals surface area contributed by atoms with Crippen molar-refractivity contribution in [2.24, 2.45) is 0 Å². The van der Waals surface area contributed by atoms with Crippen molar-refractivity contribution in [2.75, 3.05) is 0 Å². The van der Waals surface area contributed by atoms with Crippen LogP contribution in [0.5, 0.6) is 0 Å². The lowest BCUT2D eigenvalue weighted by Crippen LogP contribution is -2.05. The summed E-state index contributed by atoms with van der Waals surface area (Å²) in [6.07, 6.45) is 0. The van der Waals surface area contributed by atoms with Crippen LogP contribution in [0.2, 0.25) is 0 Å². The van der Waals surface area contributed by atoms with E-state index in [4.69, 9.17) is 0 Å². The van der Waals surface area contributed by atoms with E-state index in [1.54, 1.807) is 11.3 Å². The number of aromatic nitrogens is 2. The number of hydrogen-bond donors (Lipinski definition) is 1. The van der Waals surface area contributed by atoms with Gasteiger partial charge in [0.05, 0.1) is 10.2 Å². The molecule has 4 aromatic rings. The average Bonchev–Trinajstić information content (AvgIpc) is 2.77. The summed E-state index contributed by atoms with van der Waals surface area (Å²) in [7, 11) is 0. The third-order valence-electron chi connectivity index (χ3n) is 3.64. The lowest BCUT2D eigenvalue weighted by molar-refractivity contribution is 1.25. The standard InChI is InChI=1S/C16H12N2OS/c1-8-7-9(2)17-16-12(8)13-14(20-16)10-5-3-4-6-11(10)15(19)18-13/h3-7H,1-2H3,(H,18,19). The molecule has 4 heteroatoms. The Morgan fingerprint density at radius 1 is 1.15 bits per heavy atom. The Labute approximate surface area is 118 Å². The number of aromatic amines is 1. The first-order valence-corrected chi connectivity index (χ1v) is 7.28. The molecule has 0 atom stereocenters. The van der Waals surface area contributed by atoms with Crippen molar-refractivity contribution in [2.45, 2.75) is 13.8 Å². The Morgan fingerprint density at radius 2 is 1.90 bits per heavy atom. The van der Waals surface area contributed by atoms with Gasteiger partial charge in [-0.2, -0.15) is 0 Å². The maximum Gasteiger partial charge on any atom is 0.256 e. The number of nitrogens with zero attached hydrogens (tertiary/aromatic N) is 1. The average molecular weight is 280 g/mol. The van der Waals surface area contributed by atoms with Gasteiger partial charge in [-0.1, -0.05) is 18.2 Å². The molecule has 0 aliphatic rings. The number of hydrogen-bond acceptors (Lipinski definition) is 3. The molecule has 3 aromatic heterocycles. The molecule has 1 N–H and O–H groups in total. The Morgan fingerprint density at radius 3 is 2.70 bits per heavy atom. The molecule has 4 rings (SSSR count). The van der Waals surface area contributed by atoms with Crippen molar-refractivity contribution in [3.05, 3.63) is 51.9 Å². The third-order valence-corrected chi connectivity index (χ3v) is 4.76. The fraction of sp³-hybridized carbons (Fsp3) is 0.125. The van der Waals surface area contributed by atoms with Gasteiger partial charge in [-0.15, -0.1) is 11.3 Å². The van der Waals surface area contributed by atoms with Gasteiger partial charge in [-0.3, -0.25) is 4.79 Å². The summed E-state index contributed by atoms with van der Waals surface area (Å²) in [6.45, 7) is 4.06. The van der Waals surface area contributed by atoms with E-state index in [9.17, 15) is 4.79 Å². The summed E-state index contributed by atoms with van der Waals surface area (Å²) in [5, 5.41) is 2.81. The van der Waals surface area contributed by atoms with E-state index in [2.05, 4.69) is 23.0 Å². The number of fused-ring (bicyclic) bond motifs is 5. The lowest BCUT2D eigenvalue weighted by Gasteiger charge is -2.00. The molecule has 0 unspecified atom stereocenters. The maximum absolute atomic E-state index is 12.2. The van der Waals surface area contributed by atoms with Crippen molar-refractivity contribution in [1.29, 1.82) is 0 Å². The number of H-pyrrole nitrogens is 1. The number of aryl methyl sites for hydroxylation is 2. The van der Waals surface area contributed by atoms with Crippen LogP contribution in [0.25, 0.3) is 31.2 Å². The van der Waals surface area contributed by atoms with Crippen LogP contribution in [0.15, 0.2) is 35.1 Å². The largest absolute Gasteiger partial charge is 0.320 e. The van der Waals surface area contributed by atoms with Crippen molar-refractivity contribution in [3.63, 3.8) is 0 Å². The first-order valence-electron chi connectivity index (χ1n) is 6.46. The molecule has 0 fully saturated rings. The van der Waals surface area contributed by atoms with E-state index in [-0.39, 0.29) is 5.56 Å². The monoisotopic (exact) mass is 280 g/mol. The minimum absolute atomic E-state index is 0.0345. The van der Waals surface area contributed by atoms with Gasteiger partial charge >= 0.3 is 0 Å². The highest BCUT2D eigenvalue weighted by molar-refractivity contribution is 7.26. The molecule has 0 bridgehead atoms. The second kappa shape index (κ2) is 3.90. The smallest absolute Gasteiger partial charge is 0.256 e. The summed E-state index contributed by atoms with van der Waals surface area (Å²) < 4.78 is 1.11. The van der Waals surface area contributed by atoms with Crippen molar-refractivity contribution in [3.8, 4) is 0 Å². The normalized spacial score (nSPS) is 11.7. The highest BCUT2D eigenvalue weighted by atomic mass is 32.1. The third kappa shape index (κ3) is 1.45. The summed E-state index contributed by atoms with van der Waals surface area (Å²) in [5.41, 5.74) is 3.05. The number of benzene rings is 1. The molecular formula is C16H12N2OS. The second-order valence-corrected chi connectivity index (χ2v) is 6.07. The Hall–Kier alpha value is -2.20. The number of nitrogens with one attached hydrogen (secondary N) is 1. The van der Waals surface area contributed by atoms with Crippen molar-refractivity contribution in [1.82, 2.24) is 9.97 Å². The topological polar surface area (TPSA) is 45.8 Å². The molecule has 0 aliphatic carbocycles. The highest BCUT2D eigenvalue weighted by Crippen LogP contribution is 2.36. The van der Waals surface area contributed by atoms with Gasteiger partial charge in [0.2, 0.25) is 0 Å². The van der Waals surface area contributed by atoms with Crippen LogP contribution in [-0.4, -0.2) is 9.97 Å². The van der Waals surface area contributed by atoms with Gasteiger partial charge in [0.1, 0.15) is 4.83 Å². The fourth-order valence-electron chi connectivity index (χ4n) is 2.81. The zero-order chi connectivity index (χ0) is 13.9. The van der Waals surface area contributed by atoms with Crippen LogP contribution in [0, 0.1) is 13.8 Å². The molecule has 3 nitrogen and oxygen atoms in total. The quantitative estimate of drug-likeness (QED) is 0.531. The van der Waals surface area contributed by atoms with Gasteiger partial charge in [0.15, 0.2) is 0 Å². The van der Waals surface area contributed by atoms with E-state index < -0.39 is 0 Å². The first kappa shape index (κ1) is 11.6.